The minimum absolute atomic E-state index is 0.152. The van der Waals surface area contributed by atoms with Crippen molar-refractivity contribution in [1.29, 1.82) is 0 Å². The van der Waals surface area contributed by atoms with Crippen molar-refractivity contribution in [3.05, 3.63) is 57.4 Å². The summed E-state index contributed by atoms with van der Waals surface area (Å²) in [6.07, 6.45) is 2.33. The van der Waals surface area contributed by atoms with Gasteiger partial charge in [-0.3, -0.25) is 19.6 Å². The van der Waals surface area contributed by atoms with Gasteiger partial charge >= 0.3 is 5.69 Å². The predicted octanol–water partition coefficient (Wildman–Crippen LogP) is 2.32. The first-order valence-electron chi connectivity index (χ1n) is 6.18. The average molecular weight is 309 g/mol. The molecule has 0 saturated carbocycles. The Bertz CT molecular complexity index is 671. The minimum atomic E-state index is -0.652. The van der Waals surface area contributed by atoms with Gasteiger partial charge < -0.3 is 5.32 Å². The molecule has 2 rings (SSSR count). The fourth-order valence-electron chi connectivity index (χ4n) is 1.73. The molecule has 0 radical (unpaired) electrons. The van der Waals surface area contributed by atoms with E-state index in [2.05, 4.69) is 10.4 Å². The number of hydrogen-bond acceptors (Lipinski definition) is 4. The minimum Gasteiger partial charge on any atom is -0.350 e. The lowest BCUT2D eigenvalue weighted by atomic mass is 10.2. The van der Waals surface area contributed by atoms with Crippen LogP contribution in [-0.4, -0.2) is 20.6 Å². The molecule has 0 aliphatic rings. The van der Waals surface area contributed by atoms with Crippen molar-refractivity contribution >= 4 is 23.2 Å². The SMILES string of the molecule is C[C@H](C(=O)NCc1ccccc1Cl)n1cc([N+](=O)[O-])cn1. The van der Waals surface area contributed by atoms with Crippen LogP contribution in [0.1, 0.15) is 18.5 Å². The summed E-state index contributed by atoms with van der Waals surface area (Å²) < 4.78 is 1.25. The molecule has 110 valence electrons. The van der Waals surface area contributed by atoms with E-state index in [1.807, 2.05) is 12.1 Å². The van der Waals surface area contributed by atoms with Crippen LogP contribution < -0.4 is 5.32 Å². The van der Waals surface area contributed by atoms with E-state index < -0.39 is 11.0 Å². The summed E-state index contributed by atoms with van der Waals surface area (Å²) in [5.74, 6) is -0.298. The first kappa shape index (κ1) is 15.0. The lowest BCUT2D eigenvalue weighted by Crippen LogP contribution is -2.30. The van der Waals surface area contributed by atoms with Crippen molar-refractivity contribution in [3.8, 4) is 0 Å². The standard InChI is InChI=1S/C13H13ClN4O3/c1-9(17-8-11(7-16-17)18(20)21)13(19)15-6-10-4-2-3-5-12(10)14/h2-5,7-9H,6H2,1H3,(H,15,19)/t9-/m1/s1. The van der Waals surface area contributed by atoms with Crippen molar-refractivity contribution in [3.63, 3.8) is 0 Å². The number of rotatable bonds is 5. The number of halogens is 1. The molecule has 1 aromatic carbocycles. The summed E-state index contributed by atoms with van der Waals surface area (Å²) >= 11 is 6.00. The van der Waals surface area contributed by atoms with E-state index in [4.69, 9.17) is 11.6 Å². The quantitative estimate of drug-likeness (QED) is 0.678. The fraction of sp³-hybridized carbons (Fsp3) is 0.231. The average Bonchev–Trinajstić information content (AvgIpc) is 2.95. The Labute approximate surface area is 125 Å². The molecule has 21 heavy (non-hydrogen) atoms. The predicted molar refractivity (Wildman–Crippen MR) is 76.9 cm³/mol. The molecule has 1 amide bonds. The Kier molecular flexibility index (Phi) is 4.54. The molecule has 0 spiro atoms. The van der Waals surface area contributed by atoms with Crippen molar-refractivity contribution < 1.29 is 9.72 Å². The monoisotopic (exact) mass is 308 g/mol. The Hall–Kier alpha value is -2.41. The van der Waals surface area contributed by atoms with Gasteiger partial charge in [-0.25, -0.2) is 0 Å². The lowest BCUT2D eigenvalue weighted by molar-refractivity contribution is -0.385. The van der Waals surface area contributed by atoms with Gasteiger partial charge in [0, 0.05) is 11.6 Å². The molecule has 7 nitrogen and oxygen atoms in total. The zero-order valence-corrected chi connectivity index (χ0v) is 11.9. The van der Waals surface area contributed by atoms with Crippen LogP contribution in [0.3, 0.4) is 0 Å². The normalized spacial score (nSPS) is 11.9. The van der Waals surface area contributed by atoms with Gasteiger partial charge in [0.2, 0.25) is 5.91 Å². The van der Waals surface area contributed by atoms with Crippen LogP contribution in [0.2, 0.25) is 5.02 Å². The number of carbonyl (C=O) groups is 1. The van der Waals surface area contributed by atoms with E-state index in [1.54, 1.807) is 19.1 Å². The van der Waals surface area contributed by atoms with Crippen molar-refractivity contribution in [2.24, 2.45) is 0 Å². The number of aromatic nitrogens is 2. The van der Waals surface area contributed by atoms with E-state index in [1.165, 1.54) is 10.9 Å². The van der Waals surface area contributed by atoms with Crippen LogP contribution >= 0.6 is 11.6 Å². The number of amides is 1. The fourth-order valence-corrected chi connectivity index (χ4v) is 1.93. The van der Waals surface area contributed by atoms with Gasteiger partial charge in [0.05, 0.1) is 4.92 Å². The molecule has 2 aromatic rings. The Morgan fingerprint density at radius 3 is 2.86 bits per heavy atom. The maximum Gasteiger partial charge on any atom is 0.307 e. The maximum atomic E-state index is 12.0. The van der Waals surface area contributed by atoms with Crippen LogP contribution in [0.15, 0.2) is 36.7 Å². The molecule has 1 atom stereocenters. The van der Waals surface area contributed by atoms with Crippen LogP contribution in [0.4, 0.5) is 5.69 Å². The largest absolute Gasteiger partial charge is 0.350 e. The molecular formula is C13H13ClN4O3. The van der Waals surface area contributed by atoms with Gasteiger partial charge in [-0.05, 0) is 18.6 Å². The van der Waals surface area contributed by atoms with E-state index in [0.29, 0.717) is 5.02 Å². The summed E-state index contributed by atoms with van der Waals surface area (Å²) in [7, 11) is 0. The number of nitro groups is 1. The summed E-state index contributed by atoms with van der Waals surface area (Å²) in [5, 5.41) is 17.7. The highest BCUT2D eigenvalue weighted by molar-refractivity contribution is 6.31. The molecule has 0 fully saturated rings. The lowest BCUT2D eigenvalue weighted by Gasteiger charge is -2.12. The van der Waals surface area contributed by atoms with Crippen molar-refractivity contribution in [2.75, 3.05) is 0 Å². The van der Waals surface area contributed by atoms with Gasteiger partial charge in [0.25, 0.3) is 0 Å². The van der Waals surface area contributed by atoms with Crippen molar-refractivity contribution in [1.82, 2.24) is 15.1 Å². The second-order valence-corrected chi connectivity index (χ2v) is 4.83. The molecule has 0 unspecified atom stereocenters. The highest BCUT2D eigenvalue weighted by Gasteiger charge is 2.18. The summed E-state index contributed by atoms with van der Waals surface area (Å²) in [4.78, 5) is 22.1. The highest BCUT2D eigenvalue weighted by atomic mass is 35.5. The third kappa shape index (κ3) is 3.57. The topological polar surface area (TPSA) is 90.1 Å². The van der Waals surface area contributed by atoms with Crippen LogP contribution in [0, 0.1) is 10.1 Å². The summed E-state index contributed by atoms with van der Waals surface area (Å²) in [6, 6.07) is 6.53. The van der Waals surface area contributed by atoms with E-state index in [9.17, 15) is 14.9 Å². The zero-order chi connectivity index (χ0) is 15.4. The molecule has 0 saturated heterocycles. The molecule has 1 aromatic heterocycles. The van der Waals surface area contributed by atoms with Crippen LogP contribution in [0.5, 0.6) is 0 Å². The number of benzene rings is 1. The van der Waals surface area contributed by atoms with Gasteiger partial charge in [-0.1, -0.05) is 29.8 Å². The molecule has 1 N–H and O–H groups in total. The van der Waals surface area contributed by atoms with Crippen LogP contribution in [0.25, 0.3) is 0 Å². The van der Waals surface area contributed by atoms with E-state index >= 15 is 0 Å². The third-order valence-electron chi connectivity index (χ3n) is 2.99. The first-order chi connectivity index (χ1) is 9.99. The second-order valence-electron chi connectivity index (χ2n) is 4.42. The number of nitrogens with one attached hydrogen (secondary N) is 1. The molecule has 8 heteroatoms. The van der Waals surface area contributed by atoms with Gasteiger partial charge in [0.15, 0.2) is 0 Å². The Balaban J connectivity index is 1.99. The summed E-state index contributed by atoms with van der Waals surface area (Å²) in [6.45, 7) is 1.89. The zero-order valence-electron chi connectivity index (χ0n) is 11.2. The van der Waals surface area contributed by atoms with Crippen LogP contribution in [-0.2, 0) is 11.3 Å². The third-order valence-corrected chi connectivity index (χ3v) is 3.35. The Morgan fingerprint density at radius 1 is 1.52 bits per heavy atom. The second kappa shape index (κ2) is 6.36. The molecule has 0 bridgehead atoms. The molecule has 1 heterocycles. The van der Waals surface area contributed by atoms with Gasteiger partial charge in [0.1, 0.15) is 18.4 Å². The Morgan fingerprint density at radius 2 is 2.24 bits per heavy atom. The van der Waals surface area contributed by atoms with Gasteiger partial charge in [-0.15, -0.1) is 0 Å². The first-order valence-corrected chi connectivity index (χ1v) is 6.56. The maximum absolute atomic E-state index is 12.0. The molecule has 0 aliphatic carbocycles. The number of nitrogens with zero attached hydrogens (tertiary/aromatic N) is 3. The van der Waals surface area contributed by atoms with Crippen molar-refractivity contribution in [2.45, 2.75) is 19.5 Å². The smallest absolute Gasteiger partial charge is 0.307 e. The molecular weight excluding hydrogens is 296 g/mol. The highest BCUT2D eigenvalue weighted by Crippen LogP contribution is 2.16. The van der Waals surface area contributed by atoms with E-state index in [0.717, 1.165) is 11.8 Å². The summed E-state index contributed by atoms with van der Waals surface area (Å²) in [5.41, 5.74) is 0.645. The van der Waals surface area contributed by atoms with E-state index in [-0.39, 0.29) is 18.1 Å². The van der Waals surface area contributed by atoms with Gasteiger partial charge in [-0.2, -0.15) is 5.10 Å². The molecule has 0 aliphatic heterocycles. The number of hydrogen-bond donors (Lipinski definition) is 1. The number of carbonyl (C=O) groups excluding carboxylic acids is 1.